The van der Waals surface area contributed by atoms with Gasteiger partial charge in [0.25, 0.3) is 0 Å². The van der Waals surface area contributed by atoms with Gasteiger partial charge in [-0.25, -0.2) is 0 Å². The summed E-state index contributed by atoms with van der Waals surface area (Å²) in [5, 5.41) is 3.25. The van der Waals surface area contributed by atoms with Gasteiger partial charge in [-0.05, 0) is 13.1 Å². The number of nitrogens with one attached hydrogen (secondary N) is 1. The van der Waals surface area contributed by atoms with E-state index in [2.05, 4.69) is 11.7 Å². The van der Waals surface area contributed by atoms with Crippen LogP contribution < -0.4 is 5.32 Å². The summed E-state index contributed by atoms with van der Waals surface area (Å²) in [5.74, 6) is 0. The normalized spacial score (nSPS) is 16.0. The molecular weight excluding hydrogens is 146 g/mol. The Labute approximate surface area is 80.5 Å². The summed E-state index contributed by atoms with van der Waals surface area (Å²) in [6, 6.07) is 0. The van der Waals surface area contributed by atoms with Crippen LogP contribution in [0.2, 0.25) is 0 Å². The van der Waals surface area contributed by atoms with Crippen molar-refractivity contribution < 1.29 is 0 Å². The largest absolute Gasteiger partial charge is 2.00 e. The minimum Gasteiger partial charge on any atom is -0.358 e. The van der Waals surface area contributed by atoms with Crippen LogP contribution in [0.25, 0.3) is 0 Å². The van der Waals surface area contributed by atoms with Gasteiger partial charge in [0.2, 0.25) is 0 Å². The quantitative estimate of drug-likeness (QED) is 0.412. The Bertz CT molecular complexity index is 28.5. The molecular formula is C6H14ClMgN. The standard InChI is InChI=1S/C5H10N.CH3.ClH.Mg/c1-2-4-6-5-3-1;;;/h1,6H,2-5H2;1H3;1H;/q2*-1;;+2. The fourth-order valence-corrected chi connectivity index (χ4v) is 0.678. The summed E-state index contributed by atoms with van der Waals surface area (Å²) < 4.78 is 0. The molecule has 1 aliphatic rings. The van der Waals surface area contributed by atoms with E-state index in [4.69, 9.17) is 0 Å². The zero-order valence-corrected chi connectivity index (χ0v) is 8.25. The Morgan fingerprint density at radius 1 is 1.11 bits per heavy atom. The van der Waals surface area contributed by atoms with Crippen LogP contribution in [0.3, 0.4) is 0 Å². The van der Waals surface area contributed by atoms with Crippen molar-refractivity contribution in [2.45, 2.75) is 12.8 Å². The fourth-order valence-electron chi connectivity index (χ4n) is 0.678. The molecule has 1 saturated heterocycles. The average molecular weight is 160 g/mol. The molecule has 1 heterocycles. The topological polar surface area (TPSA) is 12.0 Å². The maximum absolute atomic E-state index is 3.25. The molecule has 0 bridgehead atoms. The molecule has 0 aromatic rings. The molecule has 3 heteroatoms. The van der Waals surface area contributed by atoms with Gasteiger partial charge in [-0.3, -0.25) is 0 Å². The van der Waals surface area contributed by atoms with Crippen LogP contribution in [0.4, 0.5) is 0 Å². The fraction of sp³-hybridized carbons (Fsp3) is 0.667. The van der Waals surface area contributed by atoms with Crippen molar-refractivity contribution >= 4 is 35.5 Å². The van der Waals surface area contributed by atoms with Crippen LogP contribution in [-0.2, 0) is 0 Å². The Balaban J connectivity index is -0.000000120. The second-order valence-corrected chi connectivity index (χ2v) is 1.62. The zero-order chi connectivity index (χ0) is 4.24. The zero-order valence-electron chi connectivity index (χ0n) is 6.02. The van der Waals surface area contributed by atoms with Gasteiger partial charge in [0, 0.05) is 0 Å². The Morgan fingerprint density at radius 3 is 1.67 bits per heavy atom. The number of hydrogen-bond acceptors (Lipinski definition) is 1. The second kappa shape index (κ2) is 11.8. The van der Waals surface area contributed by atoms with Gasteiger partial charge < -0.3 is 19.2 Å². The first-order chi connectivity index (χ1) is 3.00. The molecule has 0 aliphatic carbocycles. The first-order valence-electron chi connectivity index (χ1n) is 2.52. The molecule has 1 aliphatic heterocycles. The molecule has 0 aromatic carbocycles. The van der Waals surface area contributed by atoms with E-state index in [1.807, 2.05) is 0 Å². The van der Waals surface area contributed by atoms with E-state index in [9.17, 15) is 0 Å². The third-order valence-corrected chi connectivity index (χ3v) is 1.05. The first kappa shape index (κ1) is 16.5. The van der Waals surface area contributed by atoms with E-state index in [1.165, 1.54) is 25.9 Å². The van der Waals surface area contributed by atoms with E-state index in [0.29, 0.717) is 0 Å². The second-order valence-electron chi connectivity index (χ2n) is 1.62. The number of piperidine rings is 1. The minimum atomic E-state index is 0. The van der Waals surface area contributed by atoms with Gasteiger partial charge in [0.05, 0.1) is 0 Å². The van der Waals surface area contributed by atoms with Gasteiger partial charge in [0.1, 0.15) is 0 Å². The van der Waals surface area contributed by atoms with Crippen molar-refractivity contribution in [1.82, 2.24) is 5.32 Å². The molecule has 1 fully saturated rings. The summed E-state index contributed by atoms with van der Waals surface area (Å²) in [7, 11) is 0. The van der Waals surface area contributed by atoms with Crippen LogP contribution in [0.5, 0.6) is 0 Å². The van der Waals surface area contributed by atoms with E-state index in [0.717, 1.165) is 0 Å². The van der Waals surface area contributed by atoms with E-state index in [-0.39, 0.29) is 42.9 Å². The Morgan fingerprint density at radius 2 is 1.56 bits per heavy atom. The van der Waals surface area contributed by atoms with Crippen LogP contribution in [0.15, 0.2) is 0 Å². The Kier molecular flexibility index (Phi) is 21.6. The molecule has 0 amide bonds. The maximum atomic E-state index is 3.25. The third kappa shape index (κ3) is 9.02. The summed E-state index contributed by atoms with van der Waals surface area (Å²) >= 11 is 0. The molecule has 52 valence electrons. The van der Waals surface area contributed by atoms with Gasteiger partial charge in [0.15, 0.2) is 0 Å². The summed E-state index contributed by atoms with van der Waals surface area (Å²) in [6.45, 7) is 2.39. The molecule has 0 spiro atoms. The summed E-state index contributed by atoms with van der Waals surface area (Å²) in [6.07, 6.45) is 4.86. The predicted octanol–water partition coefficient (Wildman–Crippen LogP) is 1.07. The molecule has 0 unspecified atom stereocenters. The van der Waals surface area contributed by atoms with Crippen LogP contribution in [0.1, 0.15) is 12.8 Å². The SMILES string of the molecule is Cl.[CH-]1CCNCC1.[CH3-].[Mg+2]. The van der Waals surface area contributed by atoms with Gasteiger partial charge in [-0.15, -0.1) is 12.4 Å². The molecule has 0 radical (unpaired) electrons. The number of hydrogen-bond donors (Lipinski definition) is 1. The van der Waals surface area contributed by atoms with Crippen molar-refractivity contribution in [1.29, 1.82) is 0 Å². The van der Waals surface area contributed by atoms with E-state index < -0.39 is 0 Å². The predicted molar refractivity (Wildman–Crippen MR) is 45.8 cm³/mol. The van der Waals surface area contributed by atoms with E-state index in [1.54, 1.807) is 0 Å². The molecule has 1 rings (SSSR count). The van der Waals surface area contributed by atoms with Crippen LogP contribution >= 0.6 is 12.4 Å². The third-order valence-electron chi connectivity index (χ3n) is 1.05. The number of halogens is 1. The molecule has 1 N–H and O–H groups in total. The monoisotopic (exact) mass is 159 g/mol. The van der Waals surface area contributed by atoms with E-state index >= 15 is 0 Å². The Hall–Kier alpha value is 1.02. The van der Waals surface area contributed by atoms with Crippen LogP contribution in [-0.4, -0.2) is 36.1 Å². The van der Waals surface area contributed by atoms with Crippen molar-refractivity contribution in [2.75, 3.05) is 13.1 Å². The van der Waals surface area contributed by atoms with Gasteiger partial charge in [-0.1, -0.05) is 0 Å². The molecule has 0 aromatic heterocycles. The maximum Gasteiger partial charge on any atom is 2.00 e. The average Bonchev–Trinajstić information content (AvgIpc) is 1.72. The molecule has 9 heavy (non-hydrogen) atoms. The van der Waals surface area contributed by atoms with Crippen LogP contribution in [0, 0.1) is 13.8 Å². The summed E-state index contributed by atoms with van der Waals surface area (Å²) in [5.41, 5.74) is 0. The minimum absolute atomic E-state index is 0. The smallest absolute Gasteiger partial charge is 0.358 e. The summed E-state index contributed by atoms with van der Waals surface area (Å²) in [4.78, 5) is 0. The van der Waals surface area contributed by atoms with Gasteiger partial charge >= 0.3 is 23.1 Å². The van der Waals surface area contributed by atoms with Crippen molar-refractivity contribution in [2.24, 2.45) is 0 Å². The number of rotatable bonds is 0. The molecule has 0 saturated carbocycles. The van der Waals surface area contributed by atoms with Gasteiger partial charge in [-0.2, -0.15) is 12.8 Å². The van der Waals surface area contributed by atoms with Crippen molar-refractivity contribution in [3.05, 3.63) is 13.8 Å². The van der Waals surface area contributed by atoms with Crippen molar-refractivity contribution in [3.63, 3.8) is 0 Å². The van der Waals surface area contributed by atoms with Crippen molar-refractivity contribution in [3.8, 4) is 0 Å². The first-order valence-corrected chi connectivity index (χ1v) is 2.52. The molecule has 1 nitrogen and oxygen atoms in total. The molecule has 0 atom stereocenters.